The van der Waals surface area contributed by atoms with Crippen molar-refractivity contribution in [3.8, 4) is 0 Å². The van der Waals surface area contributed by atoms with E-state index in [-0.39, 0.29) is 6.61 Å². The van der Waals surface area contributed by atoms with Crippen LogP contribution >= 0.6 is 0 Å². The third-order valence-electron chi connectivity index (χ3n) is 4.55. The molecule has 1 aliphatic rings. The molecule has 2 heterocycles. The summed E-state index contributed by atoms with van der Waals surface area (Å²) in [5.41, 5.74) is 1.00. The van der Waals surface area contributed by atoms with Gasteiger partial charge in [0.1, 0.15) is 0 Å². The normalized spacial score (nSPS) is 19.6. The van der Waals surface area contributed by atoms with E-state index >= 15 is 0 Å². The number of aliphatic hydroxyl groups excluding tert-OH is 1. The van der Waals surface area contributed by atoms with Gasteiger partial charge < -0.3 is 10.0 Å². The van der Waals surface area contributed by atoms with E-state index in [9.17, 15) is 0 Å². The Kier molecular flexibility index (Phi) is 7.88. The Morgan fingerprint density at radius 2 is 2.18 bits per heavy atom. The number of aliphatic hydroxyl groups is 1. The molecule has 1 atom stereocenters. The number of aromatic nitrogens is 3. The molecule has 0 amide bonds. The van der Waals surface area contributed by atoms with Crippen molar-refractivity contribution >= 4 is 0 Å². The molecule has 1 aromatic heterocycles. The van der Waals surface area contributed by atoms with Crippen LogP contribution in [0.1, 0.15) is 57.6 Å². The highest BCUT2D eigenvalue weighted by Gasteiger charge is 2.20. The number of piperidine rings is 1. The first-order valence-electron chi connectivity index (χ1n) is 9.04. The zero-order valence-corrected chi connectivity index (χ0v) is 14.1. The molecule has 0 aromatic carbocycles. The van der Waals surface area contributed by atoms with E-state index in [1.54, 1.807) is 0 Å². The minimum atomic E-state index is 0.225. The van der Waals surface area contributed by atoms with Gasteiger partial charge in [0.15, 0.2) is 0 Å². The first-order chi connectivity index (χ1) is 10.8. The molecule has 5 heteroatoms. The van der Waals surface area contributed by atoms with Crippen molar-refractivity contribution in [1.29, 1.82) is 0 Å². The standard InChI is InChI=1S/C17H32N4O/c1-2-3-4-5-10-20-11-6-8-16(13-20)14-21-15-17(18-19-21)9-7-12-22/h15-16,22H,2-14H2,1H3/t16-/m1/s1. The SMILES string of the molecule is CCCCCCN1CCC[C@@H](Cn2cc(CCCO)nn2)C1. The van der Waals surface area contributed by atoms with Gasteiger partial charge in [0.2, 0.25) is 0 Å². The van der Waals surface area contributed by atoms with Crippen LogP contribution in [0.15, 0.2) is 6.20 Å². The molecule has 0 aliphatic carbocycles. The van der Waals surface area contributed by atoms with Gasteiger partial charge in [0, 0.05) is 25.9 Å². The Balaban J connectivity index is 1.71. The third kappa shape index (κ3) is 6.05. The second-order valence-electron chi connectivity index (χ2n) is 6.63. The first kappa shape index (κ1) is 17.4. The Bertz CT molecular complexity index is 407. The summed E-state index contributed by atoms with van der Waals surface area (Å²) >= 11 is 0. The largest absolute Gasteiger partial charge is 0.396 e. The number of nitrogens with zero attached hydrogens (tertiary/aromatic N) is 4. The predicted octanol–water partition coefficient (Wildman–Crippen LogP) is 2.50. The second kappa shape index (κ2) is 9.95. The molecule has 1 aromatic rings. The number of hydrogen-bond acceptors (Lipinski definition) is 4. The molecule has 2 rings (SSSR count). The lowest BCUT2D eigenvalue weighted by Gasteiger charge is -2.32. The van der Waals surface area contributed by atoms with Gasteiger partial charge >= 0.3 is 0 Å². The zero-order valence-electron chi connectivity index (χ0n) is 14.1. The third-order valence-corrected chi connectivity index (χ3v) is 4.55. The number of rotatable bonds is 10. The van der Waals surface area contributed by atoms with Crippen LogP contribution in [0.4, 0.5) is 0 Å². The Morgan fingerprint density at radius 1 is 1.27 bits per heavy atom. The van der Waals surface area contributed by atoms with Crippen LogP contribution in [-0.4, -0.2) is 51.2 Å². The van der Waals surface area contributed by atoms with Crippen molar-refractivity contribution in [3.63, 3.8) is 0 Å². The predicted molar refractivity (Wildman–Crippen MR) is 88.7 cm³/mol. The quantitative estimate of drug-likeness (QED) is 0.675. The Hall–Kier alpha value is -0.940. The average Bonchev–Trinajstić information content (AvgIpc) is 2.97. The van der Waals surface area contributed by atoms with Gasteiger partial charge in [-0.25, -0.2) is 0 Å². The highest BCUT2D eigenvalue weighted by atomic mass is 16.2. The van der Waals surface area contributed by atoms with Crippen molar-refractivity contribution in [2.75, 3.05) is 26.2 Å². The van der Waals surface area contributed by atoms with Crippen LogP contribution in [0.5, 0.6) is 0 Å². The molecule has 126 valence electrons. The fraction of sp³-hybridized carbons (Fsp3) is 0.882. The maximum absolute atomic E-state index is 8.87. The van der Waals surface area contributed by atoms with E-state index in [2.05, 4.69) is 28.3 Å². The van der Waals surface area contributed by atoms with Crippen LogP contribution in [0.25, 0.3) is 0 Å². The van der Waals surface area contributed by atoms with Crippen molar-refractivity contribution < 1.29 is 5.11 Å². The molecule has 1 N–H and O–H groups in total. The average molecular weight is 308 g/mol. The molecule has 0 saturated carbocycles. The molecular formula is C17H32N4O. The van der Waals surface area contributed by atoms with Crippen LogP contribution < -0.4 is 0 Å². The lowest BCUT2D eigenvalue weighted by molar-refractivity contribution is 0.157. The molecule has 1 aliphatic heterocycles. The van der Waals surface area contributed by atoms with Gasteiger partial charge in [-0.3, -0.25) is 4.68 Å². The zero-order chi connectivity index (χ0) is 15.6. The van der Waals surface area contributed by atoms with Crippen molar-refractivity contribution in [2.24, 2.45) is 5.92 Å². The van der Waals surface area contributed by atoms with Crippen molar-refractivity contribution in [3.05, 3.63) is 11.9 Å². The fourth-order valence-corrected chi connectivity index (χ4v) is 3.33. The van der Waals surface area contributed by atoms with Gasteiger partial charge in [0.05, 0.1) is 5.69 Å². The monoisotopic (exact) mass is 308 g/mol. The molecule has 0 spiro atoms. The van der Waals surface area contributed by atoms with E-state index in [1.165, 1.54) is 58.2 Å². The molecule has 22 heavy (non-hydrogen) atoms. The van der Waals surface area contributed by atoms with Gasteiger partial charge in [0.25, 0.3) is 0 Å². The molecule has 0 radical (unpaired) electrons. The summed E-state index contributed by atoms with van der Waals surface area (Å²) in [5.74, 6) is 0.701. The topological polar surface area (TPSA) is 54.2 Å². The van der Waals surface area contributed by atoms with Gasteiger partial charge in [-0.15, -0.1) is 5.10 Å². The molecular weight excluding hydrogens is 276 g/mol. The summed E-state index contributed by atoms with van der Waals surface area (Å²) < 4.78 is 2.00. The minimum absolute atomic E-state index is 0.225. The van der Waals surface area contributed by atoms with E-state index in [0.717, 1.165) is 25.1 Å². The van der Waals surface area contributed by atoms with Crippen molar-refractivity contribution in [2.45, 2.75) is 64.8 Å². The summed E-state index contributed by atoms with van der Waals surface area (Å²) in [6.07, 6.45) is 11.7. The van der Waals surface area contributed by atoms with Crippen LogP contribution in [-0.2, 0) is 13.0 Å². The van der Waals surface area contributed by atoms with Crippen LogP contribution in [0, 0.1) is 5.92 Å². The number of hydrogen-bond donors (Lipinski definition) is 1. The van der Waals surface area contributed by atoms with E-state index in [4.69, 9.17) is 5.11 Å². The molecule has 0 bridgehead atoms. The molecule has 1 saturated heterocycles. The van der Waals surface area contributed by atoms with Gasteiger partial charge in [-0.05, 0) is 51.1 Å². The molecule has 1 fully saturated rings. The second-order valence-corrected chi connectivity index (χ2v) is 6.63. The molecule has 5 nitrogen and oxygen atoms in total. The number of unbranched alkanes of at least 4 members (excludes halogenated alkanes) is 3. The maximum Gasteiger partial charge on any atom is 0.0828 e. The number of likely N-dealkylation sites (tertiary alicyclic amines) is 1. The summed E-state index contributed by atoms with van der Waals surface area (Å²) in [5, 5.41) is 17.3. The van der Waals surface area contributed by atoms with E-state index in [0.29, 0.717) is 5.92 Å². The smallest absolute Gasteiger partial charge is 0.0828 e. The van der Waals surface area contributed by atoms with Gasteiger partial charge in [-0.1, -0.05) is 31.4 Å². The summed E-state index contributed by atoms with van der Waals surface area (Å²) in [4.78, 5) is 2.63. The highest BCUT2D eigenvalue weighted by molar-refractivity contribution is 4.92. The lowest BCUT2D eigenvalue weighted by Crippen LogP contribution is -2.37. The number of aryl methyl sites for hydroxylation is 1. The van der Waals surface area contributed by atoms with Crippen LogP contribution in [0.3, 0.4) is 0 Å². The summed E-state index contributed by atoms with van der Waals surface area (Å²) in [6.45, 7) is 7.21. The summed E-state index contributed by atoms with van der Waals surface area (Å²) in [7, 11) is 0. The van der Waals surface area contributed by atoms with Crippen LogP contribution in [0.2, 0.25) is 0 Å². The first-order valence-corrected chi connectivity index (χ1v) is 9.04. The Morgan fingerprint density at radius 3 is 3.00 bits per heavy atom. The lowest BCUT2D eigenvalue weighted by atomic mass is 9.97. The Labute approximate surface area is 134 Å². The van der Waals surface area contributed by atoms with E-state index < -0.39 is 0 Å². The maximum atomic E-state index is 8.87. The van der Waals surface area contributed by atoms with Gasteiger partial charge in [-0.2, -0.15) is 0 Å². The minimum Gasteiger partial charge on any atom is -0.396 e. The molecule has 0 unspecified atom stereocenters. The summed E-state index contributed by atoms with van der Waals surface area (Å²) in [6, 6.07) is 0. The van der Waals surface area contributed by atoms with E-state index in [1.807, 2.05) is 4.68 Å². The van der Waals surface area contributed by atoms with Crippen molar-refractivity contribution in [1.82, 2.24) is 19.9 Å². The fourth-order valence-electron chi connectivity index (χ4n) is 3.33. The highest BCUT2D eigenvalue weighted by Crippen LogP contribution is 2.19.